The number of aliphatic hydroxyl groups excluding tert-OH is 1. The van der Waals surface area contributed by atoms with Crippen LogP contribution in [0.1, 0.15) is 99.0 Å². The van der Waals surface area contributed by atoms with Crippen LogP contribution in [-0.4, -0.2) is 46.5 Å². The molecule has 1 aromatic rings. The fourth-order valence-electron chi connectivity index (χ4n) is 3.21. The Morgan fingerprint density at radius 3 is 2.27 bits per heavy atom. The topological polar surface area (TPSA) is 116 Å². The molecule has 0 heterocycles. The molecule has 2 unspecified atom stereocenters. The Balaban J connectivity index is 0. The molecule has 0 saturated heterocycles. The number of phenolic OH excluding ortho intramolecular Hbond substituents is 2. The van der Waals surface area contributed by atoms with Crippen LogP contribution >= 0.6 is 0 Å². The van der Waals surface area contributed by atoms with Crippen molar-refractivity contribution in [3.63, 3.8) is 0 Å². The number of carbonyl (C=O) groups is 2. The zero-order valence-electron chi connectivity index (χ0n) is 21.9. The van der Waals surface area contributed by atoms with Gasteiger partial charge < -0.3 is 25.4 Å². The Morgan fingerprint density at radius 2 is 1.73 bits per heavy atom. The monoisotopic (exact) mass is 469 g/mol. The lowest BCUT2D eigenvalue weighted by Crippen LogP contribution is -2.44. The predicted molar refractivity (Wildman–Crippen MR) is 133 cm³/mol. The molecule has 7 nitrogen and oxygen atoms in total. The van der Waals surface area contributed by atoms with Gasteiger partial charge in [0.1, 0.15) is 17.6 Å². The van der Waals surface area contributed by atoms with Gasteiger partial charge in [-0.2, -0.15) is 0 Å². The molecule has 1 aromatic carbocycles. The lowest BCUT2D eigenvalue weighted by atomic mass is 9.82. The van der Waals surface area contributed by atoms with Crippen LogP contribution in [-0.2, 0) is 14.3 Å². The van der Waals surface area contributed by atoms with Crippen molar-refractivity contribution in [3.8, 4) is 11.5 Å². The summed E-state index contributed by atoms with van der Waals surface area (Å²) in [5, 5.41) is 32.0. The number of nitrogens with one attached hydrogen (secondary N) is 1. The van der Waals surface area contributed by atoms with Crippen molar-refractivity contribution in [1.82, 2.24) is 5.32 Å². The molecule has 0 radical (unpaired) electrons. The molecule has 0 aliphatic carbocycles. The van der Waals surface area contributed by atoms with Crippen LogP contribution in [0.2, 0.25) is 0 Å². The van der Waals surface area contributed by atoms with E-state index in [1.807, 2.05) is 55.4 Å². The summed E-state index contributed by atoms with van der Waals surface area (Å²) in [6.45, 7) is 16.1. The predicted octanol–water partition coefficient (Wildman–Crippen LogP) is 5.27. The number of amides is 1. The zero-order chi connectivity index (χ0) is 26.0. The van der Waals surface area contributed by atoms with E-state index in [0.717, 1.165) is 12.8 Å². The molecular formula is C26H47NO6. The van der Waals surface area contributed by atoms with Gasteiger partial charge in [0.05, 0.1) is 6.61 Å². The molecule has 0 aliphatic heterocycles. The van der Waals surface area contributed by atoms with Crippen LogP contribution in [0.5, 0.6) is 11.5 Å². The number of esters is 1. The SMILES string of the molecule is CC.CC.CCCC(C)(C)C(O)C(=O)NCCCOC(=O)CCC(C)c1ccc(O)cc1O. The van der Waals surface area contributed by atoms with Crippen molar-refractivity contribution in [3.05, 3.63) is 23.8 Å². The number of hydrogen-bond acceptors (Lipinski definition) is 6. The summed E-state index contributed by atoms with van der Waals surface area (Å²) in [4.78, 5) is 23.9. The molecule has 1 rings (SSSR count). The van der Waals surface area contributed by atoms with Gasteiger partial charge in [0.2, 0.25) is 5.91 Å². The molecule has 1 amide bonds. The minimum Gasteiger partial charge on any atom is -0.508 e. The zero-order valence-corrected chi connectivity index (χ0v) is 21.9. The third kappa shape index (κ3) is 13.1. The molecule has 4 N–H and O–H groups in total. The van der Waals surface area contributed by atoms with Gasteiger partial charge in [0.25, 0.3) is 0 Å². The second-order valence-corrected chi connectivity index (χ2v) is 8.19. The molecular weight excluding hydrogens is 422 g/mol. The lowest BCUT2D eigenvalue weighted by Gasteiger charge is -2.29. The van der Waals surface area contributed by atoms with Gasteiger partial charge in [-0.25, -0.2) is 0 Å². The summed E-state index contributed by atoms with van der Waals surface area (Å²) in [6, 6.07) is 4.41. The van der Waals surface area contributed by atoms with E-state index in [2.05, 4.69) is 5.32 Å². The number of aliphatic hydroxyl groups is 1. The fraction of sp³-hybridized carbons (Fsp3) is 0.692. The quantitative estimate of drug-likeness (QED) is 0.245. The third-order valence-corrected chi connectivity index (χ3v) is 5.09. The van der Waals surface area contributed by atoms with Crippen LogP contribution in [0.4, 0.5) is 0 Å². The summed E-state index contributed by atoms with van der Waals surface area (Å²) in [6.07, 6.45) is 1.75. The van der Waals surface area contributed by atoms with Crippen LogP contribution in [0.15, 0.2) is 18.2 Å². The van der Waals surface area contributed by atoms with E-state index in [1.165, 1.54) is 12.1 Å². The molecule has 0 spiro atoms. The number of carbonyl (C=O) groups excluding carboxylic acids is 2. The Morgan fingerprint density at radius 1 is 1.12 bits per heavy atom. The van der Waals surface area contributed by atoms with Crippen molar-refractivity contribution in [2.24, 2.45) is 5.41 Å². The largest absolute Gasteiger partial charge is 0.508 e. The van der Waals surface area contributed by atoms with Gasteiger partial charge in [0.15, 0.2) is 0 Å². The van der Waals surface area contributed by atoms with Crippen LogP contribution in [0.3, 0.4) is 0 Å². The number of rotatable bonds is 12. The van der Waals surface area contributed by atoms with Gasteiger partial charge in [-0.15, -0.1) is 0 Å². The van der Waals surface area contributed by atoms with E-state index in [4.69, 9.17) is 4.74 Å². The molecule has 0 saturated carbocycles. The van der Waals surface area contributed by atoms with Gasteiger partial charge in [-0.05, 0) is 42.2 Å². The van der Waals surface area contributed by atoms with E-state index in [1.54, 1.807) is 6.07 Å². The Kier molecular flexibility index (Phi) is 18.1. The number of ether oxygens (including phenoxy) is 1. The molecule has 0 aromatic heterocycles. The molecule has 7 heteroatoms. The molecule has 192 valence electrons. The number of hydrogen-bond donors (Lipinski definition) is 4. The lowest BCUT2D eigenvalue weighted by molar-refractivity contribution is -0.143. The highest BCUT2D eigenvalue weighted by atomic mass is 16.5. The number of phenols is 2. The molecule has 0 bridgehead atoms. The Bertz CT molecular complexity index is 675. The van der Waals surface area contributed by atoms with Crippen LogP contribution in [0.25, 0.3) is 0 Å². The first-order valence-electron chi connectivity index (χ1n) is 12.2. The van der Waals surface area contributed by atoms with Gasteiger partial charge >= 0.3 is 5.97 Å². The van der Waals surface area contributed by atoms with Gasteiger partial charge in [0, 0.05) is 19.0 Å². The Hall–Kier alpha value is -2.28. The van der Waals surface area contributed by atoms with E-state index in [-0.39, 0.29) is 36.4 Å². The van der Waals surface area contributed by atoms with Gasteiger partial charge in [-0.1, -0.05) is 67.9 Å². The smallest absolute Gasteiger partial charge is 0.305 e. The average Bonchev–Trinajstić information content (AvgIpc) is 2.79. The standard InChI is InChI=1S/C22H35NO6.2C2H6/c1-5-11-22(3,4)20(27)21(28)23-12-6-13-29-19(26)10-7-15(2)17-9-8-16(24)14-18(17)25;2*1-2/h8-9,14-15,20,24-25,27H,5-7,10-13H2,1-4H3,(H,23,28);2*1-2H3. The second-order valence-electron chi connectivity index (χ2n) is 8.19. The van der Waals surface area contributed by atoms with E-state index >= 15 is 0 Å². The highest BCUT2D eigenvalue weighted by molar-refractivity contribution is 5.81. The first-order valence-corrected chi connectivity index (χ1v) is 12.2. The molecule has 0 fully saturated rings. The summed E-state index contributed by atoms with van der Waals surface area (Å²) in [5.74, 6) is -0.810. The maximum atomic E-state index is 12.0. The van der Waals surface area contributed by atoms with Crippen LogP contribution in [0, 0.1) is 5.41 Å². The van der Waals surface area contributed by atoms with Crippen molar-refractivity contribution in [2.75, 3.05) is 13.2 Å². The summed E-state index contributed by atoms with van der Waals surface area (Å²) in [5.41, 5.74) is 0.191. The van der Waals surface area contributed by atoms with Gasteiger partial charge in [-0.3, -0.25) is 9.59 Å². The van der Waals surface area contributed by atoms with Crippen molar-refractivity contribution < 1.29 is 29.6 Å². The second kappa shape index (κ2) is 18.2. The maximum absolute atomic E-state index is 12.0. The first-order chi connectivity index (χ1) is 15.6. The van der Waals surface area contributed by atoms with E-state index < -0.39 is 17.4 Å². The fourth-order valence-corrected chi connectivity index (χ4v) is 3.21. The summed E-state index contributed by atoms with van der Waals surface area (Å²) < 4.78 is 5.17. The summed E-state index contributed by atoms with van der Waals surface area (Å²) >= 11 is 0. The highest BCUT2D eigenvalue weighted by Gasteiger charge is 2.32. The van der Waals surface area contributed by atoms with Crippen molar-refractivity contribution >= 4 is 11.9 Å². The molecule has 2 atom stereocenters. The average molecular weight is 470 g/mol. The van der Waals surface area contributed by atoms with Crippen LogP contribution < -0.4 is 5.32 Å². The number of benzene rings is 1. The maximum Gasteiger partial charge on any atom is 0.305 e. The minimum absolute atomic E-state index is 0.00547. The van der Waals surface area contributed by atoms with Crippen molar-refractivity contribution in [1.29, 1.82) is 0 Å². The third-order valence-electron chi connectivity index (χ3n) is 5.09. The molecule has 33 heavy (non-hydrogen) atoms. The first kappa shape index (κ1) is 32.9. The molecule has 0 aliphatic rings. The minimum atomic E-state index is -1.07. The van der Waals surface area contributed by atoms with E-state index in [9.17, 15) is 24.9 Å². The highest BCUT2D eigenvalue weighted by Crippen LogP contribution is 2.31. The number of aromatic hydroxyl groups is 2. The van der Waals surface area contributed by atoms with Crippen molar-refractivity contribution in [2.45, 2.75) is 99.5 Å². The Labute approximate surface area is 200 Å². The van der Waals surface area contributed by atoms with E-state index in [0.29, 0.717) is 24.9 Å². The summed E-state index contributed by atoms with van der Waals surface area (Å²) in [7, 11) is 0. The normalized spacial score (nSPS) is 12.3.